The average molecular weight is 495 g/mol. The second kappa shape index (κ2) is 9.91. The standard InChI is InChI=1S/C26H30N4O4S/c1-2-24-28-25(29-34-24)20-9-5-10-21(17-20)35(32,33)30-15-13-19(14-16-30)26(31)27-23-12-6-8-18-7-3-4-11-22(18)23/h3-5,7,9-11,17,19,23H,2,6,8,12-16H2,1H3,(H,27,31)/t23-/m0/s1. The van der Waals surface area contributed by atoms with Crippen LogP contribution >= 0.6 is 0 Å². The molecule has 2 aromatic carbocycles. The number of benzene rings is 2. The van der Waals surface area contributed by atoms with Crippen LogP contribution in [0.1, 0.15) is 55.7 Å². The van der Waals surface area contributed by atoms with Crippen molar-refractivity contribution in [3.8, 4) is 11.4 Å². The van der Waals surface area contributed by atoms with Gasteiger partial charge < -0.3 is 9.84 Å². The summed E-state index contributed by atoms with van der Waals surface area (Å²) >= 11 is 0. The molecule has 184 valence electrons. The largest absolute Gasteiger partial charge is 0.349 e. The Labute approximate surface area is 205 Å². The van der Waals surface area contributed by atoms with Crippen LogP contribution in [0.4, 0.5) is 0 Å². The van der Waals surface area contributed by atoms with E-state index in [0.717, 1.165) is 19.3 Å². The molecule has 0 bridgehead atoms. The van der Waals surface area contributed by atoms with Gasteiger partial charge in [-0.25, -0.2) is 8.42 Å². The highest BCUT2D eigenvalue weighted by Crippen LogP contribution is 2.31. The van der Waals surface area contributed by atoms with Crippen LogP contribution in [0, 0.1) is 5.92 Å². The summed E-state index contributed by atoms with van der Waals surface area (Å²) in [4.78, 5) is 17.5. The van der Waals surface area contributed by atoms with Gasteiger partial charge in [0.2, 0.25) is 27.6 Å². The lowest BCUT2D eigenvalue weighted by Gasteiger charge is -2.32. The third-order valence-corrected chi connectivity index (χ3v) is 8.91. The predicted octanol–water partition coefficient (Wildman–Crippen LogP) is 3.89. The molecule has 35 heavy (non-hydrogen) atoms. The lowest BCUT2D eigenvalue weighted by atomic mass is 9.87. The van der Waals surface area contributed by atoms with E-state index in [2.05, 4.69) is 27.6 Å². The number of carbonyl (C=O) groups excluding carboxylic acids is 1. The number of carbonyl (C=O) groups is 1. The number of sulfonamides is 1. The molecular weight excluding hydrogens is 464 g/mol. The first kappa shape index (κ1) is 23.7. The highest BCUT2D eigenvalue weighted by molar-refractivity contribution is 7.89. The lowest BCUT2D eigenvalue weighted by molar-refractivity contribution is -0.127. The summed E-state index contributed by atoms with van der Waals surface area (Å²) in [7, 11) is -3.69. The number of aromatic nitrogens is 2. The van der Waals surface area contributed by atoms with E-state index in [1.54, 1.807) is 24.3 Å². The van der Waals surface area contributed by atoms with Crippen molar-refractivity contribution in [3.05, 3.63) is 65.5 Å². The molecule has 0 radical (unpaired) electrons. The molecule has 1 aliphatic carbocycles. The van der Waals surface area contributed by atoms with Gasteiger partial charge in [0.05, 0.1) is 10.9 Å². The van der Waals surface area contributed by atoms with Crippen LogP contribution in [0.5, 0.6) is 0 Å². The fourth-order valence-electron chi connectivity index (χ4n) is 5.01. The number of rotatable bonds is 6. The zero-order chi connectivity index (χ0) is 24.4. The summed E-state index contributed by atoms with van der Waals surface area (Å²) in [5, 5.41) is 7.18. The van der Waals surface area contributed by atoms with Gasteiger partial charge >= 0.3 is 0 Å². The van der Waals surface area contributed by atoms with Crippen molar-refractivity contribution in [2.45, 2.75) is 56.4 Å². The average Bonchev–Trinajstić information content (AvgIpc) is 3.39. The topological polar surface area (TPSA) is 105 Å². The van der Waals surface area contributed by atoms with E-state index in [9.17, 15) is 13.2 Å². The van der Waals surface area contributed by atoms with Gasteiger partial charge in [0.1, 0.15) is 0 Å². The first-order chi connectivity index (χ1) is 17.0. The molecule has 1 N–H and O–H groups in total. The Kier molecular flexibility index (Phi) is 6.71. The Bertz CT molecular complexity index is 1310. The van der Waals surface area contributed by atoms with Crippen LogP contribution in [-0.2, 0) is 27.7 Å². The van der Waals surface area contributed by atoms with Crippen LogP contribution in [0.25, 0.3) is 11.4 Å². The molecule has 3 aromatic rings. The molecule has 2 aliphatic rings. The molecule has 5 rings (SSSR count). The first-order valence-electron chi connectivity index (χ1n) is 12.3. The molecule has 9 heteroatoms. The minimum Gasteiger partial charge on any atom is -0.349 e. The molecule has 0 spiro atoms. The maximum atomic E-state index is 13.3. The summed E-state index contributed by atoms with van der Waals surface area (Å²) in [6.45, 7) is 2.54. The number of hydrogen-bond donors (Lipinski definition) is 1. The summed E-state index contributed by atoms with van der Waals surface area (Å²) < 4.78 is 33.3. The van der Waals surface area contributed by atoms with Crippen LogP contribution in [-0.4, -0.2) is 41.9 Å². The lowest BCUT2D eigenvalue weighted by Crippen LogP contribution is -2.44. The Morgan fingerprint density at radius 3 is 2.69 bits per heavy atom. The normalized spacial score (nSPS) is 19.3. The van der Waals surface area contributed by atoms with Crippen LogP contribution in [0.3, 0.4) is 0 Å². The number of aryl methyl sites for hydroxylation is 2. The van der Waals surface area contributed by atoms with Crippen molar-refractivity contribution in [2.75, 3.05) is 13.1 Å². The van der Waals surface area contributed by atoms with Gasteiger partial charge in [-0.05, 0) is 55.4 Å². The molecule has 1 atom stereocenters. The SMILES string of the molecule is CCc1nc(-c2cccc(S(=O)(=O)N3CCC(C(=O)N[C@H]4CCCc5ccccc54)CC3)c2)no1. The van der Waals surface area contributed by atoms with E-state index < -0.39 is 10.0 Å². The van der Waals surface area contributed by atoms with E-state index in [0.29, 0.717) is 49.6 Å². The molecular formula is C26H30N4O4S. The van der Waals surface area contributed by atoms with Gasteiger partial charge in [-0.15, -0.1) is 0 Å². The Balaban J connectivity index is 1.23. The van der Waals surface area contributed by atoms with Gasteiger partial charge in [-0.1, -0.05) is 48.5 Å². The van der Waals surface area contributed by atoms with E-state index in [4.69, 9.17) is 4.52 Å². The number of nitrogens with one attached hydrogen (secondary N) is 1. The highest BCUT2D eigenvalue weighted by Gasteiger charge is 2.33. The number of amides is 1. The maximum Gasteiger partial charge on any atom is 0.243 e. The van der Waals surface area contributed by atoms with Crippen LogP contribution < -0.4 is 5.32 Å². The van der Waals surface area contributed by atoms with Gasteiger partial charge in [0.25, 0.3) is 0 Å². The molecule has 1 aromatic heterocycles. The summed E-state index contributed by atoms with van der Waals surface area (Å²) in [6.07, 6.45) is 4.66. The minimum atomic E-state index is -3.69. The fraction of sp³-hybridized carbons (Fsp3) is 0.423. The Hall–Kier alpha value is -3.04. The highest BCUT2D eigenvalue weighted by atomic mass is 32.2. The summed E-state index contributed by atoms with van der Waals surface area (Å²) in [5.41, 5.74) is 3.11. The van der Waals surface area contributed by atoms with E-state index in [1.165, 1.54) is 15.4 Å². The molecule has 2 heterocycles. The van der Waals surface area contributed by atoms with Crippen LogP contribution in [0.15, 0.2) is 57.9 Å². The van der Waals surface area contributed by atoms with E-state index >= 15 is 0 Å². The van der Waals surface area contributed by atoms with Crippen molar-refractivity contribution in [1.29, 1.82) is 0 Å². The maximum absolute atomic E-state index is 13.3. The number of hydrogen-bond acceptors (Lipinski definition) is 6. The van der Waals surface area contributed by atoms with E-state index in [1.807, 2.05) is 19.1 Å². The van der Waals surface area contributed by atoms with Crippen molar-refractivity contribution >= 4 is 15.9 Å². The second-order valence-electron chi connectivity index (χ2n) is 9.22. The van der Waals surface area contributed by atoms with Crippen molar-refractivity contribution < 1.29 is 17.7 Å². The molecule has 1 amide bonds. The van der Waals surface area contributed by atoms with Gasteiger partial charge in [0.15, 0.2) is 0 Å². The molecule has 1 saturated heterocycles. The van der Waals surface area contributed by atoms with Crippen molar-refractivity contribution in [3.63, 3.8) is 0 Å². The quantitative estimate of drug-likeness (QED) is 0.557. The molecule has 1 fully saturated rings. The zero-order valence-electron chi connectivity index (χ0n) is 19.8. The monoisotopic (exact) mass is 494 g/mol. The minimum absolute atomic E-state index is 0.0228. The number of piperidine rings is 1. The van der Waals surface area contributed by atoms with Gasteiger partial charge in [0, 0.05) is 31.0 Å². The first-order valence-corrected chi connectivity index (χ1v) is 13.7. The van der Waals surface area contributed by atoms with E-state index in [-0.39, 0.29) is 22.8 Å². The van der Waals surface area contributed by atoms with Crippen molar-refractivity contribution in [1.82, 2.24) is 19.8 Å². The Morgan fingerprint density at radius 1 is 1.11 bits per heavy atom. The van der Waals surface area contributed by atoms with Gasteiger partial charge in [-0.2, -0.15) is 9.29 Å². The predicted molar refractivity (Wildman–Crippen MR) is 131 cm³/mol. The fourth-order valence-corrected chi connectivity index (χ4v) is 6.53. The molecule has 1 aliphatic heterocycles. The summed E-state index contributed by atoms with van der Waals surface area (Å²) in [5.74, 6) is 0.715. The van der Waals surface area contributed by atoms with Gasteiger partial charge in [-0.3, -0.25) is 4.79 Å². The third kappa shape index (κ3) is 4.88. The number of nitrogens with zero attached hydrogens (tertiary/aromatic N) is 3. The molecule has 8 nitrogen and oxygen atoms in total. The molecule has 0 saturated carbocycles. The van der Waals surface area contributed by atoms with Crippen molar-refractivity contribution in [2.24, 2.45) is 5.92 Å². The smallest absolute Gasteiger partial charge is 0.243 e. The third-order valence-electron chi connectivity index (χ3n) is 7.01. The summed E-state index contributed by atoms with van der Waals surface area (Å²) in [6, 6.07) is 14.9. The Morgan fingerprint density at radius 2 is 1.91 bits per heavy atom. The number of fused-ring (bicyclic) bond motifs is 1. The van der Waals surface area contributed by atoms with Crippen LogP contribution in [0.2, 0.25) is 0 Å². The second-order valence-corrected chi connectivity index (χ2v) is 11.2. The molecule has 0 unspecified atom stereocenters. The zero-order valence-corrected chi connectivity index (χ0v) is 20.6.